The van der Waals surface area contributed by atoms with E-state index in [9.17, 15) is 9.18 Å². The molecule has 0 aliphatic rings. The number of carbonyl (C=O) groups is 1. The van der Waals surface area contributed by atoms with Crippen LogP contribution in [0, 0.1) is 5.82 Å². The normalized spacial score (nSPS) is 10.9. The third-order valence-electron chi connectivity index (χ3n) is 3.52. The van der Waals surface area contributed by atoms with Gasteiger partial charge in [0.2, 0.25) is 0 Å². The first-order valence-corrected chi connectivity index (χ1v) is 6.60. The highest BCUT2D eigenvalue weighted by Crippen LogP contribution is 2.24. The first kappa shape index (κ1) is 12.6. The average Bonchev–Trinajstić information content (AvgIpc) is 2.92. The smallest absolute Gasteiger partial charge is 0.195 e. The molecule has 0 atom stereocenters. The van der Waals surface area contributed by atoms with Gasteiger partial charge in [-0.15, -0.1) is 0 Å². The lowest BCUT2D eigenvalue weighted by Gasteiger charge is -2.02. The predicted molar refractivity (Wildman–Crippen MR) is 77.5 cm³/mol. The van der Waals surface area contributed by atoms with Gasteiger partial charge >= 0.3 is 0 Å². The second-order valence-corrected chi connectivity index (χ2v) is 4.74. The topological polar surface area (TPSA) is 32.9 Å². The van der Waals surface area contributed by atoms with E-state index in [1.807, 2.05) is 12.1 Å². The van der Waals surface area contributed by atoms with Crippen molar-refractivity contribution in [3.8, 4) is 0 Å². The Kier molecular flexibility index (Phi) is 3.11. The maximum absolute atomic E-state index is 13.9. The predicted octanol–water partition coefficient (Wildman–Crippen LogP) is 4.10. The highest BCUT2D eigenvalue weighted by molar-refractivity contribution is 6.16. The van der Waals surface area contributed by atoms with E-state index >= 15 is 0 Å². The summed E-state index contributed by atoms with van der Waals surface area (Å²) in [6, 6.07) is 12.2. The summed E-state index contributed by atoms with van der Waals surface area (Å²) in [6.07, 6.45) is 2.50. The van der Waals surface area contributed by atoms with Gasteiger partial charge < -0.3 is 4.98 Å². The van der Waals surface area contributed by atoms with E-state index < -0.39 is 0 Å². The summed E-state index contributed by atoms with van der Waals surface area (Å²) in [5.74, 6) is -0.540. The molecule has 0 aliphatic carbocycles. The molecule has 2 nitrogen and oxygen atoms in total. The monoisotopic (exact) mass is 267 g/mol. The first-order valence-electron chi connectivity index (χ1n) is 6.60. The van der Waals surface area contributed by atoms with E-state index in [0.717, 1.165) is 6.42 Å². The fourth-order valence-corrected chi connectivity index (χ4v) is 2.37. The molecule has 0 aliphatic heterocycles. The van der Waals surface area contributed by atoms with Crippen LogP contribution in [0.3, 0.4) is 0 Å². The van der Waals surface area contributed by atoms with Crippen LogP contribution >= 0.6 is 0 Å². The molecule has 0 bridgehead atoms. The van der Waals surface area contributed by atoms with E-state index in [4.69, 9.17) is 0 Å². The molecule has 0 spiro atoms. The van der Waals surface area contributed by atoms with Gasteiger partial charge in [-0.2, -0.15) is 0 Å². The van der Waals surface area contributed by atoms with E-state index in [2.05, 4.69) is 11.9 Å². The van der Waals surface area contributed by atoms with Crippen LogP contribution in [0.2, 0.25) is 0 Å². The van der Waals surface area contributed by atoms with Crippen molar-refractivity contribution in [2.24, 2.45) is 0 Å². The minimum Gasteiger partial charge on any atom is -0.360 e. The molecule has 0 saturated heterocycles. The number of aryl methyl sites for hydroxylation is 1. The zero-order chi connectivity index (χ0) is 14.1. The van der Waals surface area contributed by atoms with Gasteiger partial charge in [-0.25, -0.2) is 4.39 Å². The van der Waals surface area contributed by atoms with Crippen molar-refractivity contribution in [1.82, 2.24) is 4.98 Å². The maximum Gasteiger partial charge on any atom is 0.195 e. The van der Waals surface area contributed by atoms with Crippen LogP contribution in [0.15, 0.2) is 48.7 Å². The minimum atomic E-state index is -0.378. The number of benzene rings is 2. The van der Waals surface area contributed by atoms with Crippen molar-refractivity contribution in [3.63, 3.8) is 0 Å². The van der Waals surface area contributed by atoms with Crippen molar-refractivity contribution >= 4 is 16.7 Å². The largest absolute Gasteiger partial charge is 0.360 e. The number of H-pyrrole nitrogens is 1. The molecule has 0 amide bonds. The molecule has 20 heavy (non-hydrogen) atoms. The second-order valence-electron chi connectivity index (χ2n) is 4.74. The van der Waals surface area contributed by atoms with Crippen LogP contribution in [0.1, 0.15) is 28.4 Å². The molecule has 0 radical (unpaired) electrons. The second kappa shape index (κ2) is 4.93. The quantitative estimate of drug-likeness (QED) is 0.712. The van der Waals surface area contributed by atoms with Crippen molar-refractivity contribution in [1.29, 1.82) is 0 Å². The first-order chi connectivity index (χ1) is 9.70. The van der Waals surface area contributed by atoms with Crippen LogP contribution < -0.4 is 0 Å². The molecule has 1 heterocycles. The summed E-state index contributed by atoms with van der Waals surface area (Å²) in [5.41, 5.74) is 2.76. The Bertz CT molecular complexity index is 771. The maximum atomic E-state index is 13.9. The highest BCUT2D eigenvalue weighted by Gasteiger charge is 2.16. The number of nitrogens with one attached hydrogen (secondary N) is 1. The molecule has 1 aromatic heterocycles. The minimum absolute atomic E-state index is 0.163. The summed E-state index contributed by atoms with van der Waals surface area (Å²) in [7, 11) is 0. The van der Waals surface area contributed by atoms with Gasteiger partial charge in [0.1, 0.15) is 5.82 Å². The molecular formula is C17H14FNO. The lowest BCUT2D eigenvalue weighted by molar-refractivity contribution is 0.104. The van der Waals surface area contributed by atoms with Crippen LogP contribution in [-0.4, -0.2) is 10.8 Å². The third-order valence-corrected chi connectivity index (χ3v) is 3.52. The van der Waals surface area contributed by atoms with Crippen molar-refractivity contribution in [2.75, 3.05) is 0 Å². The zero-order valence-electron chi connectivity index (χ0n) is 11.1. The van der Waals surface area contributed by atoms with Gasteiger partial charge in [0.15, 0.2) is 5.78 Å². The van der Waals surface area contributed by atoms with E-state index in [1.54, 1.807) is 30.5 Å². The van der Waals surface area contributed by atoms with Crippen LogP contribution in [0.4, 0.5) is 4.39 Å². The number of fused-ring (bicyclic) bond motifs is 1. The third kappa shape index (κ3) is 2.01. The Morgan fingerprint density at radius 3 is 2.60 bits per heavy atom. The Morgan fingerprint density at radius 1 is 1.15 bits per heavy atom. The van der Waals surface area contributed by atoms with Crippen LogP contribution in [0.5, 0.6) is 0 Å². The van der Waals surface area contributed by atoms with Gasteiger partial charge in [0.25, 0.3) is 0 Å². The Morgan fingerprint density at radius 2 is 1.90 bits per heavy atom. The average molecular weight is 267 g/mol. The summed E-state index contributed by atoms with van der Waals surface area (Å²) in [6.45, 7) is 2.06. The standard InChI is InChI=1S/C17H14FNO/c1-2-11-6-8-12(9-7-11)17(20)13-10-19-15-5-3-4-14(18)16(13)15/h3-10,19H,2H2,1H3. The highest BCUT2D eigenvalue weighted by atomic mass is 19.1. The lowest BCUT2D eigenvalue weighted by atomic mass is 10.0. The molecule has 1 N–H and O–H groups in total. The summed E-state index contributed by atoms with van der Waals surface area (Å²) < 4.78 is 13.9. The number of aromatic nitrogens is 1. The zero-order valence-corrected chi connectivity index (χ0v) is 11.1. The SMILES string of the molecule is CCc1ccc(C(=O)c2c[nH]c3cccc(F)c23)cc1. The number of aromatic amines is 1. The number of carbonyl (C=O) groups excluding carboxylic acids is 1. The van der Waals surface area contributed by atoms with Crippen LogP contribution in [-0.2, 0) is 6.42 Å². The van der Waals surface area contributed by atoms with Crippen molar-refractivity contribution in [2.45, 2.75) is 13.3 Å². The number of ketones is 1. The van der Waals surface area contributed by atoms with E-state index in [-0.39, 0.29) is 11.6 Å². The van der Waals surface area contributed by atoms with E-state index in [0.29, 0.717) is 22.0 Å². The van der Waals surface area contributed by atoms with Gasteiger partial charge in [0.05, 0.1) is 5.56 Å². The molecule has 0 fully saturated rings. The molecule has 3 aromatic rings. The number of rotatable bonds is 3. The molecule has 3 heteroatoms. The van der Waals surface area contributed by atoms with Crippen molar-refractivity contribution < 1.29 is 9.18 Å². The van der Waals surface area contributed by atoms with Gasteiger partial charge in [-0.05, 0) is 24.1 Å². The van der Waals surface area contributed by atoms with Gasteiger partial charge in [-0.1, -0.05) is 37.3 Å². The fourth-order valence-electron chi connectivity index (χ4n) is 2.37. The Hall–Kier alpha value is -2.42. The summed E-state index contributed by atoms with van der Waals surface area (Å²) in [4.78, 5) is 15.4. The van der Waals surface area contributed by atoms with E-state index in [1.165, 1.54) is 11.6 Å². The summed E-state index contributed by atoms with van der Waals surface area (Å²) in [5, 5.41) is 0.358. The molecule has 3 rings (SSSR count). The number of halogens is 1. The summed E-state index contributed by atoms with van der Waals surface area (Å²) >= 11 is 0. The Balaban J connectivity index is 2.08. The number of hydrogen-bond donors (Lipinski definition) is 1. The number of hydrogen-bond acceptors (Lipinski definition) is 1. The molecule has 100 valence electrons. The van der Waals surface area contributed by atoms with Crippen molar-refractivity contribution in [3.05, 3.63) is 71.2 Å². The molecular weight excluding hydrogens is 253 g/mol. The molecule has 0 saturated carbocycles. The van der Waals surface area contributed by atoms with Gasteiger partial charge in [-0.3, -0.25) is 4.79 Å². The van der Waals surface area contributed by atoms with Crippen LogP contribution in [0.25, 0.3) is 10.9 Å². The molecule has 0 unspecified atom stereocenters. The Labute approximate surface area is 116 Å². The molecule has 2 aromatic carbocycles. The fraction of sp³-hybridized carbons (Fsp3) is 0.118. The van der Waals surface area contributed by atoms with Gasteiger partial charge in [0, 0.05) is 22.7 Å². The lowest BCUT2D eigenvalue weighted by Crippen LogP contribution is -2.01.